The fraction of sp³-hybridized carbons (Fsp3) is 0.812. The summed E-state index contributed by atoms with van der Waals surface area (Å²) in [6.45, 7) is 5.28. The van der Waals surface area contributed by atoms with E-state index in [-0.39, 0.29) is 25.8 Å². The standard InChI is InChI=1S/C48H90NO7P/c1-6-8-10-12-14-16-17-18-19-20-21-22-23-24-25-26-27-28-29-30-31-32-34-36-38-40-43-53-45-47(46-55-57(51,52)54-44-42-49(3,4)5)56-48(50)41-39-37-35-33-15-13-11-9-7-2/h8,10,14,16,18-19,21-22,47H,6-7,9,11-13,15,17,20,23-46H2,1-5H3/b10-8-,16-14-,19-18-,22-21-. The molecule has 2 unspecified atom stereocenters. The molecule has 0 aliphatic rings. The van der Waals surface area contributed by atoms with Crippen LogP contribution >= 0.6 is 7.82 Å². The van der Waals surface area contributed by atoms with Gasteiger partial charge in [0, 0.05) is 13.0 Å². The Kier molecular flexibility index (Phi) is 40.1. The lowest BCUT2D eigenvalue weighted by Crippen LogP contribution is -2.37. The number of allylic oxidation sites excluding steroid dienone is 8. The number of esters is 1. The molecule has 0 saturated heterocycles. The largest absolute Gasteiger partial charge is 0.756 e. The predicted molar refractivity (Wildman–Crippen MR) is 240 cm³/mol. The van der Waals surface area contributed by atoms with Gasteiger partial charge in [0.05, 0.1) is 34.4 Å². The smallest absolute Gasteiger partial charge is 0.306 e. The molecule has 0 radical (unpaired) electrons. The monoisotopic (exact) mass is 824 g/mol. The van der Waals surface area contributed by atoms with Crippen LogP contribution < -0.4 is 4.89 Å². The van der Waals surface area contributed by atoms with Gasteiger partial charge in [-0.05, 0) is 51.4 Å². The van der Waals surface area contributed by atoms with Crippen molar-refractivity contribution in [2.75, 3.05) is 54.1 Å². The summed E-state index contributed by atoms with van der Waals surface area (Å²) in [5.74, 6) is -0.338. The van der Waals surface area contributed by atoms with Gasteiger partial charge in [0.2, 0.25) is 0 Å². The third kappa shape index (κ3) is 45.4. The molecule has 8 nitrogen and oxygen atoms in total. The summed E-state index contributed by atoms with van der Waals surface area (Å²) in [7, 11) is 1.36. The topological polar surface area (TPSA) is 94.1 Å². The molecule has 0 aromatic carbocycles. The number of carbonyl (C=O) groups excluding carboxylic acids is 1. The van der Waals surface area contributed by atoms with Crippen LogP contribution in [0.4, 0.5) is 0 Å². The SMILES string of the molecule is CC/C=C\C/C=C\C/C=C\C/C=C\CCCCCCCCCCCCCCCOCC(COP(=O)([O-])OCC[N+](C)(C)C)OC(=O)CCCCCCCCCCC. The summed E-state index contributed by atoms with van der Waals surface area (Å²) in [4.78, 5) is 25.0. The van der Waals surface area contributed by atoms with Crippen LogP contribution in [0.5, 0.6) is 0 Å². The van der Waals surface area contributed by atoms with Crippen LogP contribution in [0.1, 0.15) is 194 Å². The Morgan fingerprint density at radius 2 is 1.02 bits per heavy atom. The minimum Gasteiger partial charge on any atom is -0.756 e. The van der Waals surface area contributed by atoms with Crippen LogP contribution in [0, 0.1) is 0 Å². The molecule has 0 aromatic heterocycles. The van der Waals surface area contributed by atoms with E-state index in [1.165, 1.54) is 116 Å². The number of likely N-dealkylation sites (N-methyl/N-ethyl adjacent to an activating group) is 1. The molecule has 57 heavy (non-hydrogen) atoms. The lowest BCUT2D eigenvalue weighted by molar-refractivity contribution is -0.870. The number of phosphoric acid groups is 1. The summed E-state index contributed by atoms with van der Waals surface area (Å²) in [5.41, 5.74) is 0. The first kappa shape index (κ1) is 55.5. The van der Waals surface area contributed by atoms with E-state index < -0.39 is 13.9 Å². The number of carbonyl (C=O) groups is 1. The van der Waals surface area contributed by atoms with Crippen LogP contribution in [0.3, 0.4) is 0 Å². The van der Waals surface area contributed by atoms with E-state index in [4.69, 9.17) is 18.5 Å². The molecule has 0 amide bonds. The predicted octanol–water partition coefficient (Wildman–Crippen LogP) is 13.3. The normalized spacial score (nSPS) is 14.1. The van der Waals surface area contributed by atoms with Gasteiger partial charge in [-0.2, -0.15) is 0 Å². The second kappa shape index (κ2) is 41.2. The average molecular weight is 824 g/mol. The molecule has 334 valence electrons. The van der Waals surface area contributed by atoms with Gasteiger partial charge in [-0.15, -0.1) is 0 Å². The maximum atomic E-state index is 12.6. The number of unbranched alkanes of at least 4 members (excludes halogenated alkanes) is 21. The van der Waals surface area contributed by atoms with Crippen molar-refractivity contribution in [2.45, 2.75) is 200 Å². The van der Waals surface area contributed by atoms with Crippen molar-refractivity contribution in [1.82, 2.24) is 0 Å². The molecule has 0 aliphatic carbocycles. The van der Waals surface area contributed by atoms with Crippen LogP contribution in [0.15, 0.2) is 48.6 Å². The molecule has 0 aliphatic heterocycles. The van der Waals surface area contributed by atoms with Crippen LogP contribution in [0.25, 0.3) is 0 Å². The fourth-order valence-corrected chi connectivity index (χ4v) is 7.03. The number of hydrogen-bond acceptors (Lipinski definition) is 7. The minimum absolute atomic E-state index is 0.0262. The van der Waals surface area contributed by atoms with E-state index in [0.29, 0.717) is 24.1 Å². The summed E-state index contributed by atoms with van der Waals surface area (Å²) in [6.07, 6.45) is 50.0. The average Bonchev–Trinajstić information content (AvgIpc) is 3.16. The number of rotatable bonds is 43. The minimum atomic E-state index is -4.52. The van der Waals surface area contributed by atoms with Crippen molar-refractivity contribution in [3.05, 3.63) is 48.6 Å². The van der Waals surface area contributed by atoms with E-state index in [1.54, 1.807) is 0 Å². The van der Waals surface area contributed by atoms with Crippen LogP contribution in [-0.4, -0.2) is 70.7 Å². The lowest BCUT2D eigenvalue weighted by atomic mass is 10.0. The van der Waals surface area contributed by atoms with Gasteiger partial charge in [0.25, 0.3) is 7.82 Å². The Bertz CT molecular complexity index is 1050. The Morgan fingerprint density at radius 1 is 0.561 bits per heavy atom. The Labute approximate surface area is 352 Å². The van der Waals surface area contributed by atoms with E-state index in [2.05, 4.69) is 62.5 Å². The number of ether oxygens (including phenoxy) is 2. The molecule has 0 heterocycles. The van der Waals surface area contributed by atoms with E-state index in [9.17, 15) is 14.3 Å². The molecule has 0 saturated carbocycles. The van der Waals surface area contributed by atoms with Crippen LogP contribution in [0.2, 0.25) is 0 Å². The highest BCUT2D eigenvalue weighted by molar-refractivity contribution is 7.45. The fourth-order valence-electron chi connectivity index (χ4n) is 6.30. The molecule has 0 bridgehead atoms. The third-order valence-corrected chi connectivity index (χ3v) is 10.9. The van der Waals surface area contributed by atoms with Crippen molar-refractivity contribution < 1.29 is 37.3 Å². The first-order chi connectivity index (χ1) is 27.6. The van der Waals surface area contributed by atoms with Gasteiger partial charge in [0.1, 0.15) is 19.3 Å². The van der Waals surface area contributed by atoms with E-state index in [0.717, 1.165) is 57.8 Å². The van der Waals surface area contributed by atoms with Gasteiger partial charge < -0.3 is 27.9 Å². The second-order valence-electron chi connectivity index (χ2n) is 16.7. The van der Waals surface area contributed by atoms with E-state index in [1.807, 2.05) is 21.1 Å². The number of phosphoric ester groups is 1. The quantitative estimate of drug-likeness (QED) is 0.0199. The first-order valence-electron chi connectivity index (χ1n) is 23.4. The zero-order valence-corrected chi connectivity index (χ0v) is 38.7. The molecule has 0 rings (SSSR count). The molecule has 0 aromatic rings. The molecule has 0 fully saturated rings. The molecular weight excluding hydrogens is 734 g/mol. The lowest BCUT2D eigenvalue weighted by Gasteiger charge is -2.28. The zero-order valence-electron chi connectivity index (χ0n) is 37.8. The van der Waals surface area contributed by atoms with Gasteiger partial charge in [-0.25, -0.2) is 0 Å². The van der Waals surface area contributed by atoms with Crippen LogP contribution in [-0.2, 0) is 27.9 Å². The second-order valence-corrected chi connectivity index (χ2v) is 18.2. The number of quaternary nitrogens is 1. The maximum Gasteiger partial charge on any atom is 0.306 e. The van der Waals surface area contributed by atoms with Crippen molar-refractivity contribution >= 4 is 13.8 Å². The summed E-state index contributed by atoms with van der Waals surface area (Å²) in [5, 5.41) is 0. The first-order valence-corrected chi connectivity index (χ1v) is 24.8. The molecule has 2 atom stereocenters. The van der Waals surface area contributed by atoms with Gasteiger partial charge in [-0.1, -0.05) is 184 Å². The van der Waals surface area contributed by atoms with Crippen molar-refractivity contribution in [3.8, 4) is 0 Å². The summed E-state index contributed by atoms with van der Waals surface area (Å²) < 4.78 is 34.5. The highest BCUT2D eigenvalue weighted by Crippen LogP contribution is 2.38. The number of nitrogens with zero attached hydrogens (tertiary/aromatic N) is 1. The summed E-state index contributed by atoms with van der Waals surface area (Å²) >= 11 is 0. The van der Waals surface area contributed by atoms with E-state index >= 15 is 0 Å². The van der Waals surface area contributed by atoms with Gasteiger partial charge in [0.15, 0.2) is 0 Å². The van der Waals surface area contributed by atoms with Crippen molar-refractivity contribution in [1.29, 1.82) is 0 Å². The highest BCUT2D eigenvalue weighted by atomic mass is 31.2. The van der Waals surface area contributed by atoms with Crippen molar-refractivity contribution in [3.63, 3.8) is 0 Å². The molecular formula is C48H90NO7P. The highest BCUT2D eigenvalue weighted by Gasteiger charge is 2.20. The molecule has 0 spiro atoms. The number of hydrogen-bond donors (Lipinski definition) is 0. The zero-order chi connectivity index (χ0) is 42.0. The van der Waals surface area contributed by atoms with Gasteiger partial charge in [-0.3, -0.25) is 9.36 Å². The maximum absolute atomic E-state index is 12.6. The molecule has 9 heteroatoms. The summed E-state index contributed by atoms with van der Waals surface area (Å²) in [6, 6.07) is 0. The van der Waals surface area contributed by atoms with Gasteiger partial charge >= 0.3 is 5.97 Å². The molecule has 0 N–H and O–H groups in total. The Hall–Kier alpha value is -1.54. The van der Waals surface area contributed by atoms with Crippen molar-refractivity contribution in [2.24, 2.45) is 0 Å². The Morgan fingerprint density at radius 3 is 1.53 bits per heavy atom. The Balaban J connectivity index is 4.01. The third-order valence-electron chi connectivity index (χ3n) is 9.89.